The Morgan fingerprint density at radius 1 is 1.15 bits per heavy atom. The Labute approximate surface area is 123 Å². The summed E-state index contributed by atoms with van der Waals surface area (Å²) in [7, 11) is 0. The molecule has 0 rings (SSSR count). The van der Waals surface area contributed by atoms with Gasteiger partial charge < -0.3 is 11.1 Å². The standard InChI is InChI=1S/C13H23F3N2OS/c1-3-6-12(7-4-2,10(17)20)11(19)18-9-5-8-13(14,15)16/h3-9H2,1-2H3,(H2,17,20)(H,18,19). The zero-order chi connectivity index (χ0) is 15.8. The highest BCUT2D eigenvalue weighted by Gasteiger charge is 2.39. The van der Waals surface area contributed by atoms with Crippen LogP contribution in [0.1, 0.15) is 52.4 Å². The van der Waals surface area contributed by atoms with E-state index in [2.05, 4.69) is 5.32 Å². The van der Waals surface area contributed by atoms with Crippen LogP contribution >= 0.6 is 12.2 Å². The summed E-state index contributed by atoms with van der Waals surface area (Å²) in [6.07, 6.45) is -2.75. The van der Waals surface area contributed by atoms with E-state index in [4.69, 9.17) is 18.0 Å². The fourth-order valence-corrected chi connectivity index (χ4v) is 2.52. The van der Waals surface area contributed by atoms with E-state index >= 15 is 0 Å². The molecule has 0 aliphatic heterocycles. The molecule has 3 N–H and O–H groups in total. The van der Waals surface area contributed by atoms with Gasteiger partial charge in [0.05, 0.1) is 10.4 Å². The molecule has 0 bridgehead atoms. The SMILES string of the molecule is CCCC(CCC)(C(=O)NCCCC(F)(F)F)C(N)=S. The number of hydrogen-bond acceptors (Lipinski definition) is 2. The Morgan fingerprint density at radius 3 is 2.00 bits per heavy atom. The van der Waals surface area contributed by atoms with Crippen molar-refractivity contribution < 1.29 is 18.0 Å². The van der Waals surface area contributed by atoms with Gasteiger partial charge in [0.2, 0.25) is 5.91 Å². The Hall–Kier alpha value is -0.850. The van der Waals surface area contributed by atoms with E-state index in [-0.39, 0.29) is 23.9 Å². The van der Waals surface area contributed by atoms with Gasteiger partial charge in [-0.2, -0.15) is 13.2 Å². The number of rotatable bonds is 9. The van der Waals surface area contributed by atoms with Crippen LogP contribution in [0.3, 0.4) is 0 Å². The van der Waals surface area contributed by atoms with E-state index in [1.54, 1.807) is 0 Å². The summed E-state index contributed by atoms with van der Waals surface area (Å²) in [5.74, 6) is -0.351. The third-order valence-electron chi connectivity index (χ3n) is 3.18. The molecule has 118 valence electrons. The highest BCUT2D eigenvalue weighted by atomic mass is 32.1. The lowest BCUT2D eigenvalue weighted by Gasteiger charge is -2.31. The van der Waals surface area contributed by atoms with E-state index in [9.17, 15) is 18.0 Å². The van der Waals surface area contributed by atoms with Gasteiger partial charge >= 0.3 is 6.18 Å². The number of halogens is 3. The quantitative estimate of drug-likeness (QED) is 0.507. The molecule has 0 heterocycles. The first-order valence-electron chi connectivity index (χ1n) is 6.84. The summed E-state index contributed by atoms with van der Waals surface area (Å²) in [6.45, 7) is 3.81. The molecule has 0 aromatic carbocycles. The number of carbonyl (C=O) groups is 1. The molecule has 0 saturated carbocycles. The monoisotopic (exact) mass is 312 g/mol. The van der Waals surface area contributed by atoms with Gasteiger partial charge in [0, 0.05) is 13.0 Å². The summed E-state index contributed by atoms with van der Waals surface area (Å²) in [5.41, 5.74) is 4.78. The summed E-state index contributed by atoms with van der Waals surface area (Å²) < 4.78 is 36.1. The van der Waals surface area contributed by atoms with Crippen LogP contribution in [0.15, 0.2) is 0 Å². The number of alkyl halides is 3. The maximum atomic E-state index is 12.3. The zero-order valence-electron chi connectivity index (χ0n) is 12.0. The van der Waals surface area contributed by atoms with Gasteiger partial charge in [-0.15, -0.1) is 0 Å². The molecule has 0 radical (unpaired) electrons. The van der Waals surface area contributed by atoms with Gasteiger partial charge in [0.25, 0.3) is 0 Å². The van der Waals surface area contributed by atoms with Crippen molar-refractivity contribution in [2.24, 2.45) is 11.1 Å². The number of thiocarbonyl (C=S) groups is 1. The van der Waals surface area contributed by atoms with E-state index in [1.165, 1.54) is 0 Å². The van der Waals surface area contributed by atoms with Crippen molar-refractivity contribution in [3.05, 3.63) is 0 Å². The van der Waals surface area contributed by atoms with Gasteiger partial charge in [0.15, 0.2) is 0 Å². The lowest BCUT2D eigenvalue weighted by Crippen LogP contribution is -2.49. The molecule has 0 aliphatic carbocycles. The van der Waals surface area contributed by atoms with Crippen LogP contribution in [-0.2, 0) is 4.79 Å². The summed E-state index contributed by atoms with van der Waals surface area (Å²) in [6, 6.07) is 0. The van der Waals surface area contributed by atoms with Crippen molar-refractivity contribution in [1.82, 2.24) is 5.32 Å². The molecule has 0 saturated heterocycles. The lowest BCUT2D eigenvalue weighted by atomic mass is 9.78. The van der Waals surface area contributed by atoms with Gasteiger partial charge in [0.1, 0.15) is 0 Å². The molecule has 20 heavy (non-hydrogen) atoms. The van der Waals surface area contributed by atoms with Crippen molar-refractivity contribution in [2.75, 3.05) is 6.54 Å². The minimum atomic E-state index is -4.20. The lowest BCUT2D eigenvalue weighted by molar-refractivity contribution is -0.137. The average Bonchev–Trinajstić information content (AvgIpc) is 2.32. The number of hydrogen-bond donors (Lipinski definition) is 2. The normalized spacial score (nSPS) is 12.2. The number of carbonyl (C=O) groups excluding carboxylic acids is 1. The molecule has 1 amide bonds. The molecule has 0 spiro atoms. The molecule has 3 nitrogen and oxygen atoms in total. The van der Waals surface area contributed by atoms with E-state index < -0.39 is 18.0 Å². The number of nitrogens with one attached hydrogen (secondary N) is 1. The third kappa shape index (κ3) is 6.07. The van der Waals surface area contributed by atoms with Gasteiger partial charge in [-0.25, -0.2) is 0 Å². The van der Waals surface area contributed by atoms with E-state index in [0.717, 1.165) is 12.8 Å². The van der Waals surface area contributed by atoms with Crippen molar-refractivity contribution in [3.63, 3.8) is 0 Å². The molecule has 0 aromatic rings. The van der Waals surface area contributed by atoms with Crippen molar-refractivity contribution in [2.45, 2.75) is 58.5 Å². The molecular weight excluding hydrogens is 289 g/mol. The Balaban J connectivity index is 4.60. The van der Waals surface area contributed by atoms with Gasteiger partial charge in [-0.3, -0.25) is 4.79 Å². The maximum Gasteiger partial charge on any atom is 0.389 e. The summed E-state index contributed by atoms with van der Waals surface area (Å²) in [5, 5.41) is 2.54. The second-order valence-corrected chi connectivity index (χ2v) is 5.36. The third-order valence-corrected chi connectivity index (χ3v) is 3.57. The van der Waals surface area contributed by atoms with Crippen LogP contribution in [0.2, 0.25) is 0 Å². The van der Waals surface area contributed by atoms with E-state index in [1.807, 2.05) is 13.8 Å². The highest BCUT2D eigenvalue weighted by Crippen LogP contribution is 2.31. The topological polar surface area (TPSA) is 55.1 Å². The first-order valence-corrected chi connectivity index (χ1v) is 7.25. The van der Waals surface area contributed by atoms with Crippen LogP contribution in [0, 0.1) is 5.41 Å². The first kappa shape index (κ1) is 19.1. The van der Waals surface area contributed by atoms with Crippen molar-refractivity contribution in [3.8, 4) is 0 Å². The summed E-state index contributed by atoms with van der Waals surface area (Å²) >= 11 is 5.01. The number of amides is 1. The smallest absolute Gasteiger partial charge is 0.389 e. The fourth-order valence-electron chi connectivity index (χ4n) is 2.22. The Morgan fingerprint density at radius 2 is 1.65 bits per heavy atom. The molecule has 0 aromatic heterocycles. The fraction of sp³-hybridized carbons (Fsp3) is 0.846. The van der Waals surface area contributed by atoms with Crippen molar-refractivity contribution >= 4 is 23.1 Å². The second kappa shape index (κ2) is 8.44. The largest absolute Gasteiger partial charge is 0.392 e. The minimum absolute atomic E-state index is 0.0177. The summed E-state index contributed by atoms with van der Waals surface area (Å²) in [4.78, 5) is 12.4. The molecule has 0 atom stereocenters. The molecular formula is C13H23F3N2OS. The predicted molar refractivity (Wildman–Crippen MR) is 77.3 cm³/mol. The number of nitrogens with two attached hydrogens (primary N) is 1. The predicted octanol–water partition coefficient (Wildman–Crippen LogP) is 3.32. The first-order chi connectivity index (χ1) is 9.19. The molecule has 7 heteroatoms. The Bertz CT molecular complexity index is 326. The average molecular weight is 312 g/mol. The van der Waals surface area contributed by atoms with Crippen LogP contribution in [-0.4, -0.2) is 23.6 Å². The van der Waals surface area contributed by atoms with Crippen LogP contribution in [0.25, 0.3) is 0 Å². The molecule has 0 fully saturated rings. The second-order valence-electron chi connectivity index (χ2n) is 4.92. The van der Waals surface area contributed by atoms with Gasteiger partial charge in [-0.1, -0.05) is 38.9 Å². The molecule has 0 unspecified atom stereocenters. The minimum Gasteiger partial charge on any atom is -0.392 e. The Kier molecular flexibility index (Phi) is 8.08. The van der Waals surface area contributed by atoms with Crippen molar-refractivity contribution in [1.29, 1.82) is 0 Å². The maximum absolute atomic E-state index is 12.3. The highest BCUT2D eigenvalue weighted by molar-refractivity contribution is 7.80. The molecule has 0 aliphatic rings. The van der Waals surface area contributed by atoms with Crippen LogP contribution in [0.5, 0.6) is 0 Å². The van der Waals surface area contributed by atoms with Crippen LogP contribution in [0.4, 0.5) is 13.2 Å². The van der Waals surface area contributed by atoms with E-state index in [0.29, 0.717) is 12.8 Å². The van der Waals surface area contributed by atoms with Crippen LogP contribution < -0.4 is 11.1 Å². The zero-order valence-corrected chi connectivity index (χ0v) is 12.8. The van der Waals surface area contributed by atoms with Gasteiger partial charge in [-0.05, 0) is 19.3 Å².